The van der Waals surface area contributed by atoms with Gasteiger partial charge in [0.25, 0.3) is 5.91 Å². The second kappa shape index (κ2) is 7.93. The number of carbonyl (C=O) groups is 1. The molecule has 1 N–H and O–H groups in total. The number of hydrogen-bond acceptors (Lipinski definition) is 4. The monoisotopic (exact) mass is 327 g/mol. The van der Waals surface area contributed by atoms with E-state index in [0.717, 1.165) is 11.1 Å². The average molecular weight is 327 g/mol. The lowest BCUT2D eigenvalue weighted by atomic mass is 10.1. The third-order valence-electron chi connectivity index (χ3n) is 3.97. The van der Waals surface area contributed by atoms with Gasteiger partial charge in [-0.15, -0.1) is 0 Å². The van der Waals surface area contributed by atoms with E-state index in [0.29, 0.717) is 17.9 Å². The van der Waals surface area contributed by atoms with Crippen LogP contribution in [0.15, 0.2) is 42.6 Å². The smallest absolute Gasteiger partial charge is 0.257 e. The van der Waals surface area contributed by atoms with Crippen molar-refractivity contribution in [3.8, 4) is 0 Å². The molecule has 128 valence electrons. The maximum atomic E-state index is 12.9. The summed E-state index contributed by atoms with van der Waals surface area (Å²) in [5.74, 6) is 0.506. The van der Waals surface area contributed by atoms with Crippen LogP contribution < -0.4 is 4.90 Å². The summed E-state index contributed by atoms with van der Waals surface area (Å²) in [6.07, 6.45) is 0.956. The van der Waals surface area contributed by atoms with Gasteiger partial charge in [0.2, 0.25) is 0 Å². The van der Waals surface area contributed by atoms with E-state index < -0.39 is 6.10 Å². The number of aliphatic hydroxyl groups excluding tert-OH is 1. The van der Waals surface area contributed by atoms with Crippen molar-refractivity contribution in [1.29, 1.82) is 0 Å². The lowest BCUT2D eigenvalue weighted by Gasteiger charge is -2.26. The van der Waals surface area contributed by atoms with E-state index in [9.17, 15) is 9.90 Å². The van der Waals surface area contributed by atoms with Crippen LogP contribution in [0.5, 0.6) is 0 Å². The molecule has 1 amide bonds. The SMILES string of the molecule is CCN(CC(O)c1ccc(C)cc1)C(=O)c1cccnc1N(C)C. The Labute approximate surface area is 143 Å². The molecule has 5 nitrogen and oxygen atoms in total. The van der Waals surface area contributed by atoms with Gasteiger partial charge < -0.3 is 14.9 Å². The van der Waals surface area contributed by atoms with Gasteiger partial charge in [-0.3, -0.25) is 4.79 Å². The number of likely N-dealkylation sites (N-methyl/N-ethyl adjacent to an activating group) is 1. The second-order valence-electron chi connectivity index (χ2n) is 6.04. The highest BCUT2D eigenvalue weighted by molar-refractivity contribution is 5.98. The number of nitrogens with zero attached hydrogens (tertiary/aromatic N) is 3. The van der Waals surface area contributed by atoms with E-state index in [1.54, 1.807) is 23.2 Å². The molecular formula is C19H25N3O2. The summed E-state index contributed by atoms with van der Waals surface area (Å²) in [5, 5.41) is 10.5. The van der Waals surface area contributed by atoms with Crippen LogP contribution in [-0.2, 0) is 0 Å². The molecule has 0 aliphatic rings. The topological polar surface area (TPSA) is 56.7 Å². The van der Waals surface area contributed by atoms with Crippen molar-refractivity contribution < 1.29 is 9.90 Å². The average Bonchev–Trinajstić information content (AvgIpc) is 2.59. The minimum Gasteiger partial charge on any atom is -0.387 e. The van der Waals surface area contributed by atoms with Crippen molar-refractivity contribution in [2.75, 3.05) is 32.1 Å². The molecule has 1 aromatic carbocycles. The summed E-state index contributed by atoms with van der Waals surface area (Å²) < 4.78 is 0. The number of pyridine rings is 1. The van der Waals surface area contributed by atoms with Gasteiger partial charge in [0.1, 0.15) is 5.82 Å². The zero-order valence-electron chi connectivity index (χ0n) is 14.7. The first kappa shape index (κ1) is 17.9. The third kappa shape index (κ3) is 4.11. The van der Waals surface area contributed by atoms with Gasteiger partial charge >= 0.3 is 0 Å². The fraction of sp³-hybridized carbons (Fsp3) is 0.368. The Morgan fingerprint density at radius 3 is 2.46 bits per heavy atom. The molecule has 0 radical (unpaired) electrons. The lowest BCUT2D eigenvalue weighted by Crippen LogP contribution is -2.35. The first-order valence-electron chi connectivity index (χ1n) is 8.10. The highest BCUT2D eigenvalue weighted by Crippen LogP contribution is 2.20. The largest absolute Gasteiger partial charge is 0.387 e. The number of aromatic nitrogens is 1. The normalized spacial score (nSPS) is 11.9. The molecular weight excluding hydrogens is 302 g/mol. The van der Waals surface area contributed by atoms with Crippen molar-refractivity contribution in [1.82, 2.24) is 9.88 Å². The standard InChI is InChI=1S/C19H25N3O2/c1-5-22(13-17(23)15-10-8-14(2)9-11-15)19(24)16-7-6-12-20-18(16)21(3)4/h6-12,17,23H,5,13H2,1-4H3. The fourth-order valence-electron chi connectivity index (χ4n) is 2.55. The highest BCUT2D eigenvalue weighted by Gasteiger charge is 2.22. The summed E-state index contributed by atoms with van der Waals surface area (Å²) in [6.45, 7) is 4.68. The van der Waals surface area contributed by atoms with Gasteiger partial charge in [0, 0.05) is 26.8 Å². The molecule has 5 heteroatoms. The Kier molecular flexibility index (Phi) is 5.93. The van der Waals surface area contributed by atoms with Crippen LogP contribution in [0.1, 0.15) is 34.5 Å². The summed E-state index contributed by atoms with van der Waals surface area (Å²) in [4.78, 5) is 20.6. The maximum absolute atomic E-state index is 12.9. The Balaban J connectivity index is 2.19. The number of aliphatic hydroxyl groups is 1. The molecule has 1 atom stereocenters. The van der Waals surface area contributed by atoms with Crippen molar-refractivity contribution in [2.24, 2.45) is 0 Å². The molecule has 0 spiro atoms. The molecule has 0 bridgehead atoms. The van der Waals surface area contributed by atoms with Gasteiger partial charge in [-0.05, 0) is 31.5 Å². The highest BCUT2D eigenvalue weighted by atomic mass is 16.3. The zero-order chi connectivity index (χ0) is 17.7. The van der Waals surface area contributed by atoms with Gasteiger partial charge in [0.05, 0.1) is 18.2 Å². The molecule has 1 unspecified atom stereocenters. The fourth-order valence-corrected chi connectivity index (χ4v) is 2.55. The van der Waals surface area contributed by atoms with Crippen LogP contribution in [0.3, 0.4) is 0 Å². The molecule has 1 aromatic heterocycles. The Morgan fingerprint density at radius 2 is 1.88 bits per heavy atom. The number of aryl methyl sites for hydroxylation is 1. The molecule has 2 rings (SSSR count). The van der Waals surface area contributed by atoms with E-state index in [4.69, 9.17) is 0 Å². The molecule has 0 aliphatic heterocycles. The van der Waals surface area contributed by atoms with Crippen molar-refractivity contribution in [3.63, 3.8) is 0 Å². The van der Waals surface area contributed by atoms with Crippen LogP contribution in [-0.4, -0.2) is 48.1 Å². The van der Waals surface area contributed by atoms with E-state index in [1.165, 1.54) is 0 Å². The Bertz CT molecular complexity index is 683. The summed E-state index contributed by atoms with van der Waals surface area (Å²) in [5.41, 5.74) is 2.49. The first-order chi connectivity index (χ1) is 11.4. The Hall–Kier alpha value is -2.40. The van der Waals surface area contributed by atoms with Crippen LogP contribution in [0.25, 0.3) is 0 Å². The number of carbonyl (C=O) groups excluding carboxylic acids is 1. The van der Waals surface area contributed by atoms with E-state index >= 15 is 0 Å². The van der Waals surface area contributed by atoms with Crippen molar-refractivity contribution >= 4 is 11.7 Å². The van der Waals surface area contributed by atoms with Crippen molar-refractivity contribution in [3.05, 3.63) is 59.3 Å². The van der Waals surface area contributed by atoms with Crippen LogP contribution in [0.4, 0.5) is 5.82 Å². The third-order valence-corrected chi connectivity index (χ3v) is 3.97. The van der Waals surface area contributed by atoms with Crippen LogP contribution in [0.2, 0.25) is 0 Å². The van der Waals surface area contributed by atoms with Crippen LogP contribution in [0, 0.1) is 6.92 Å². The van der Waals surface area contributed by atoms with Gasteiger partial charge in [-0.1, -0.05) is 29.8 Å². The second-order valence-corrected chi connectivity index (χ2v) is 6.04. The van der Waals surface area contributed by atoms with Gasteiger partial charge in [-0.25, -0.2) is 4.98 Å². The number of benzene rings is 1. The summed E-state index contributed by atoms with van der Waals surface area (Å²) >= 11 is 0. The number of amides is 1. The molecule has 2 aromatic rings. The Morgan fingerprint density at radius 1 is 1.21 bits per heavy atom. The minimum absolute atomic E-state index is 0.125. The number of rotatable bonds is 6. The molecule has 0 fully saturated rings. The van der Waals surface area contributed by atoms with Gasteiger partial charge in [0.15, 0.2) is 0 Å². The predicted molar refractivity (Wildman–Crippen MR) is 96.3 cm³/mol. The van der Waals surface area contributed by atoms with Crippen LogP contribution >= 0.6 is 0 Å². The molecule has 1 heterocycles. The maximum Gasteiger partial charge on any atom is 0.257 e. The summed E-state index contributed by atoms with van der Waals surface area (Å²) in [6, 6.07) is 11.2. The van der Waals surface area contributed by atoms with Crippen molar-refractivity contribution in [2.45, 2.75) is 20.0 Å². The van der Waals surface area contributed by atoms with E-state index in [2.05, 4.69) is 4.98 Å². The summed E-state index contributed by atoms with van der Waals surface area (Å²) in [7, 11) is 3.72. The molecule has 24 heavy (non-hydrogen) atoms. The molecule has 0 saturated heterocycles. The number of anilines is 1. The van der Waals surface area contributed by atoms with Gasteiger partial charge in [-0.2, -0.15) is 0 Å². The zero-order valence-corrected chi connectivity index (χ0v) is 14.7. The quantitative estimate of drug-likeness (QED) is 0.886. The first-order valence-corrected chi connectivity index (χ1v) is 8.10. The minimum atomic E-state index is -0.714. The molecule has 0 aliphatic carbocycles. The lowest BCUT2D eigenvalue weighted by molar-refractivity contribution is 0.0635. The predicted octanol–water partition coefficient (Wildman–Crippen LogP) is 2.65. The molecule has 0 saturated carbocycles. The van der Waals surface area contributed by atoms with E-state index in [1.807, 2.05) is 57.1 Å². The van der Waals surface area contributed by atoms with E-state index in [-0.39, 0.29) is 12.5 Å². The number of hydrogen-bond donors (Lipinski definition) is 1.